The van der Waals surface area contributed by atoms with Crippen molar-refractivity contribution in [3.05, 3.63) is 24.8 Å². The number of hydrogen-bond donors (Lipinski definition) is 1. The van der Waals surface area contributed by atoms with Crippen LogP contribution in [0.15, 0.2) is 24.8 Å². The van der Waals surface area contributed by atoms with Crippen molar-refractivity contribution in [3.63, 3.8) is 0 Å². The number of aliphatic hydroxyl groups is 1. The third kappa shape index (κ3) is 1.16. The van der Waals surface area contributed by atoms with Gasteiger partial charge in [0, 0.05) is 0 Å². The molecule has 10 heavy (non-hydrogen) atoms. The Balaban J connectivity index is 2.77. The van der Waals surface area contributed by atoms with E-state index in [-0.39, 0.29) is 11.7 Å². The number of hydrogen-bond acceptors (Lipinski definition) is 2. The minimum Gasteiger partial charge on any atom is -0.392 e. The molecule has 54 valence electrons. The Kier molecular flexibility index (Phi) is 2.02. The van der Waals surface area contributed by atoms with Crippen molar-refractivity contribution >= 4 is 5.78 Å². The summed E-state index contributed by atoms with van der Waals surface area (Å²) in [5.74, 6) is -0.432. The summed E-state index contributed by atoms with van der Waals surface area (Å²) < 4.78 is 0. The van der Waals surface area contributed by atoms with Gasteiger partial charge in [-0.05, 0) is 12.5 Å². The number of ketones is 1. The van der Waals surface area contributed by atoms with Gasteiger partial charge >= 0.3 is 0 Å². The Hall–Kier alpha value is -0.890. The van der Waals surface area contributed by atoms with E-state index in [9.17, 15) is 9.90 Å². The molecule has 0 aromatic rings. The first kappa shape index (κ1) is 7.22. The van der Waals surface area contributed by atoms with Crippen LogP contribution in [0.4, 0.5) is 0 Å². The lowest BCUT2D eigenvalue weighted by molar-refractivity contribution is -0.120. The first-order valence-corrected chi connectivity index (χ1v) is 3.26. The molecule has 0 amide bonds. The molecular weight excluding hydrogens is 128 g/mol. The van der Waals surface area contributed by atoms with Gasteiger partial charge in [-0.3, -0.25) is 4.79 Å². The molecule has 2 nitrogen and oxygen atoms in total. The smallest absolute Gasteiger partial charge is 0.164 e. The molecule has 1 aliphatic carbocycles. The van der Waals surface area contributed by atoms with E-state index in [1.807, 2.05) is 0 Å². The standard InChI is InChI=1S/C8H10O2/c1-2-6-7(9)4-3-5-8(6)10/h2-4,6,8,10H,1,5H2/t6-,8-/m0/s1. The summed E-state index contributed by atoms with van der Waals surface area (Å²) in [6.45, 7) is 3.47. The van der Waals surface area contributed by atoms with Crippen LogP contribution < -0.4 is 0 Å². The van der Waals surface area contributed by atoms with Gasteiger partial charge in [0.15, 0.2) is 5.78 Å². The molecule has 1 aliphatic rings. The van der Waals surface area contributed by atoms with Gasteiger partial charge in [-0.2, -0.15) is 0 Å². The minimum absolute atomic E-state index is 0.0475. The van der Waals surface area contributed by atoms with Crippen LogP contribution in [0.1, 0.15) is 6.42 Å². The molecule has 0 spiro atoms. The third-order valence-corrected chi connectivity index (χ3v) is 1.66. The van der Waals surface area contributed by atoms with Crippen LogP contribution in [0.5, 0.6) is 0 Å². The van der Waals surface area contributed by atoms with Gasteiger partial charge in [0.2, 0.25) is 0 Å². The molecule has 1 rings (SSSR count). The average molecular weight is 138 g/mol. The zero-order chi connectivity index (χ0) is 7.56. The Morgan fingerprint density at radius 3 is 2.90 bits per heavy atom. The summed E-state index contributed by atoms with van der Waals surface area (Å²) >= 11 is 0. The predicted molar refractivity (Wildman–Crippen MR) is 38.5 cm³/mol. The SMILES string of the molecule is C=C[C@H]1C(=O)C=CC[C@@H]1O. The molecule has 0 unspecified atom stereocenters. The summed E-state index contributed by atoms with van der Waals surface area (Å²) in [6.07, 6.45) is 4.68. The lowest BCUT2D eigenvalue weighted by Crippen LogP contribution is -2.27. The molecule has 2 atom stereocenters. The minimum atomic E-state index is -0.560. The maximum absolute atomic E-state index is 10.9. The number of carbonyl (C=O) groups excluding carboxylic acids is 1. The second-order valence-corrected chi connectivity index (χ2v) is 2.37. The fourth-order valence-corrected chi connectivity index (χ4v) is 1.04. The highest BCUT2D eigenvalue weighted by molar-refractivity contribution is 5.94. The second kappa shape index (κ2) is 2.80. The zero-order valence-corrected chi connectivity index (χ0v) is 5.66. The summed E-state index contributed by atoms with van der Waals surface area (Å²) in [4.78, 5) is 10.9. The first-order valence-electron chi connectivity index (χ1n) is 3.26. The van der Waals surface area contributed by atoms with Crippen LogP contribution >= 0.6 is 0 Å². The van der Waals surface area contributed by atoms with Crippen LogP contribution in [-0.4, -0.2) is 17.0 Å². The quantitative estimate of drug-likeness (QED) is 0.541. The predicted octanol–water partition coefficient (Wildman–Crippen LogP) is 0.678. The highest BCUT2D eigenvalue weighted by Gasteiger charge is 2.23. The number of carbonyl (C=O) groups is 1. The van der Waals surface area contributed by atoms with Crippen LogP contribution in [0, 0.1) is 5.92 Å². The van der Waals surface area contributed by atoms with Crippen LogP contribution in [0.25, 0.3) is 0 Å². The van der Waals surface area contributed by atoms with E-state index < -0.39 is 6.10 Å². The summed E-state index contributed by atoms with van der Waals surface area (Å²) in [7, 11) is 0. The van der Waals surface area contributed by atoms with Gasteiger partial charge in [0.1, 0.15) is 0 Å². The molecule has 0 saturated heterocycles. The molecule has 0 aromatic carbocycles. The highest BCUT2D eigenvalue weighted by Crippen LogP contribution is 2.16. The van der Waals surface area contributed by atoms with Crippen molar-refractivity contribution in [2.45, 2.75) is 12.5 Å². The van der Waals surface area contributed by atoms with Gasteiger partial charge in [0.05, 0.1) is 12.0 Å². The van der Waals surface area contributed by atoms with Gasteiger partial charge in [-0.15, -0.1) is 6.58 Å². The molecule has 0 saturated carbocycles. The molecule has 0 heterocycles. The average Bonchev–Trinajstić information content (AvgIpc) is 1.88. The fraction of sp³-hybridized carbons (Fsp3) is 0.375. The summed E-state index contributed by atoms with van der Waals surface area (Å²) in [5.41, 5.74) is 0. The van der Waals surface area contributed by atoms with Crippen LogP contribution in [0.2, 0.25) is 0 Å². The van der Waals surface area contributed by atoms with Crippen LogP contribution in [-0.2, 0) is 4.79 Å². The van der Waals surface area contributed by atoms with Crippen molar-refractivity contribution < 1.29 is 9.90 Å². The molecule has 1 N–H and O–H groups in total. The van der Waals surface area contributed by atoms with Gasteiger partial charge in [-0.1, -0.05) is 12.2 Å². The first-order chi connectivity index (χ1) is 4.75. The van der Waals surface area contributed by atoms with E-state index in [1.54, 1.807) is 6.08 Å². The van der Waals surface area contributed by atoms with Crippen molar-refractivity contribution in [1.82, 2.24) is 0 Å². The van der Waals surface area contributed by atoms with Crippen molar-refractivity contribution in [2.24, 2.45) is 5.92 Å². The van der Waals surface area contributed by atoms with Crippen molar-refractivity contribution in [2.75, 3.05) is 0 Å². The Labute approximate surface area is 59.9 Å². The molecule has 0 aliphatic heterocycles. The molecule has 0 aromatic heterocycles. The third-order valence-electron chi connectivity index (χ3n) is 1.66. The summed E-state index contributed by atoms with van der Waals surface area (Å²) in [6, 6.07) is 0. The van der Waals surface area contributed by atoms with E-state index in [0.717, 1.165) is 0 Å². The fourth-order valence-electron chi connectivity index (χ4n) is 1.04. The summed E-state index contributed by atoms with van der Waals surface area (Å²) in [5, 5.41) is 9.20. The van der Waals surface area contributed by atoms with Crippen molar-refractivity contribution in [3.8, 4) is 0 Å². The van der Waals surface area contributed by atoms with E-state index in [2.05, 4.69) is 6.58 Å². The zero-order valence-electron chi connectivity index (χ0n) is 5.66. The van der Waals surface area contributed by atoms with Gasteiger partial charge in [-0.25, -0.2) is 0 Å². The van der Waals surface area contributed by atoms with Gasteiger partial charge < -0.3 is 5.11 Å². The van der Waals surface area contributed by atoms with Gasteiger partial charge in [0.25, 0.3) is 0 Å². The molecule has 0 bridgehead atoms. The molecular formula is C8H10O2. The maximum atomic E-state index is 10.9. The maximum Gasteiger partial charge on any atom is 0.164 e. The lowest BCUT2D eigenvalue weighted by atomic mass is 9.90. The monoisotopic (exact) mass is 138 g/mol. The van der Waals surface area contributed by atoms with E-state index >= 15 is 0 Å². The number of aliphatic hydroxyl groups excluding tert-OH is 1. The van der Waals surface area contributed by atoms with E-state index in [0.29, 0.717) is 6.42 Å². The Morgan fingerprint density at radius 2 is 2.50 bits per heavy atom. The van der Waals surface area contributed by atoms with Crippen molar-refractivity contribution in [1.29, 1.82) is 0 Å². The number of allylic oxidation sites excluding steroid dienone is 1. The molecule has 0 radical (unpaired) electrons. The molecule has 2 heteroatoms. The van der Waals surface area contributed by atoms with Crippen LogP contribution in [0.3, 0.4) is 0 Å². The number of rotatable bonds is 1. The second-order valence-electron chi connectivity index (χ2n) is 2.37. The Bertz CT molecular complexity index is 182. The largest absolute Gasteiger partial charge is 0.392 e. The lowest BCUT2D eigenvalue weighted by Gasteiger charge is -2.18. The normalized spacial score (nSPS) is 32.3. The molecule has 0 fully saturated rings. The topological polar surface area (TPSA) is 37.3 Å². The van der Waals surface area contributed by atoms with E-state index in [1.165, 1.54) is 12.2 Å². The Morgan fingerprint density at radius 1 is 1.80 bits per heavy atom. The van der Waals surface area contributed by atoms with E-state index in [4.69, 9.17) is 0 Å². The highest BCUT2D eigenvalue weighted by atomic mass is 16.3.